The lowest BCUT2D eigenvalue weighted by molar-refractivity contribution is -0.0259. The molecule has 0 N–H and O–H groups in total. The van der Waals surface area contributed by atoms with Crippen molar-refractivity contribution in [2.24, 2.45) is 0 Å². The van der Waals surface area contributed by atoms with Crippen LogP contribution in [-0.2, 0) is 14.2 Å². The fourth-order valence-corrected chi connectivity index (χ4v) is 5.69. The zero-order chi connectivity index (χ0) is 34.9. The van der Waals surface area contributed by atoms with Gasteiger partial charge in [-0.05, 0) is 90.5 Å². The zero-order valence-corrected chi connectivity index (χ0v) is 32.8. The van der Waals surface area contributed by atoms with E-state index < -0.39 is 0 Å². The molecule has 0 rings (SSSR count). The molecule has 0 aromatic heterocycles. The summed E-state index contributed by atoms with van der Waals surface area (Å²) in [4.78, 5) is 2.34. The maximum absolute atomic E-state index is 6.34. The van der Waals surface area contributed by atoms with Crippen LogP contribution in [0, 0.1) is 0 Å². The predicted molar refractivity (Wildman–Crippen MR) is 213 cm³/mol. The normalized spacial score (nSPS) is 13.1. The van der Waals surface area contributed by atoms with Gasteiger partial charge in [0.05, 0.1) is 19.3 Å². The maximum atomic E-state index is 6.34. The van der Waals surface area contributed by atoms with Crippen molar-refractivity contribution in [1.82, 2.24) is 4.90 Å². The van der Waals surface area contributed by atoms with E-state index in [1.807, 2.05) is 0 Å². The lowest BCUT2D eigenvalue weighted by Crippen LogP contribution is -2.30. The summed E-state index contributed by atoms with van der Waals surface area (Å²) in [5, 5.41) is 0. The Labute approximate surface area is 301 Å². The minimum absolute atomic E-state index is 0.192. The van der Waals surface area contributed by atoms with E-state index in [1.165, 1.54) is 128 Å². The quantitative estimate of drug-likeness (QED) is 0.0480. The summed E-state index contributed by atoms with van der Waals surface area (Å²) in [5.41, 5.74) is 0. The molecule has 282 valence electrons. The van der Waals surface area contributed by atoms with Crippen LogP contribution in [0.3, 0.4) is 0 Å². The monoisotopic (exact) mass is 674 g/mol. The Kier molecular flexibility index (Phi) is 40.9. The van der Waals surface area contributed by atoms with Gasteiger partial charge >= 0.3 is 0 Å². The summed E-state index contributed by atoms with van der Waals surface area (Å²) >= 11 is 0. The van der Waals surface area contributed by atoms with Crippen LogP contribution in [0.1, 0.15) is 174 Å². The van der Waals surface area contributed by atoms with E-state index >= 15 is 0 Å². The number of rotatable bonds is 39. The van der Waals surface area contributed by atoms with Crippen LogP contribution >= 0.6 is 0 Å². The summed E-state index contributed by atoms with van der Waals surface area (Å²) in [7, 11) is 3.94. The number of hydrogen-bond acceptors (Lipinski definition) is 4. The van der Waals surface area contributed by atoms with E-state index in [1.54, 1.807) is 7.11 Å². The fourth-order valence-electron chi connectivity index (χ4n) is 5.69. The highest BCUT2D eigenvalue weighted by atomic mass is 16.5. The molecule has 1 unspecified atom stereocenters. The van der Waals surface area contributed by atoms with Gasteiger partial charge in [-0.2, -0.15) is 0 Å². The highest BCUT2D eigenvalue weighted by Crippen LogP contribution is 2.11. The molecule has 0 aromatic rings. The van der Waals surface area contributed by atoms with Crippen LogP contribution in [0.2, 0.25) is 0 Å². The van der Waals surface area contributed by atoms with Crippen molar-refractivity contribution in [3.8, 4) is 0 Å². The van der Waals surface area contributed by atoms with Gasteiger partial charge in [0, 0.05) is 33.4 Å². The fraction of sp³-hybridized carbons (Fsp3) is 0.818. The predicted octanol–water partition coefficient (Wildman–Crippen LogP) is 13.0. The molecule has 0 aliphatic carbocycles. The molecule has 0 saturated carbocycles. The molecule has 4 nitrogen and oxygen atoms in total. The number of unbranched alkanes of at least 4 members (excludes halogenated alkanes) is 18. The van der Waals surface area contributed by atoms with Crippen molar-refractivity contribution in [3.63, 3.8) is 0 Å². The van der Waals surface area contributed by atoms with Crippen molar-refractivity contribution >= 4 is 0 Å². The van der Waals surface area contributed by atoms with Crippen LogP contribution in [0.15, 0.2) is 48.6 Å². The molecular formula is C44H83NO3. The Morgan fingerprint density at radius 1 is 0.479 bits per heavy atom. The number of likely N-dealkylation sites (N-methyl/N-ethyl adjacent to an activating group) is 1. The first-order chi connectivity index (χ1) is 23.7. The van der Waals surface area contributed by atoms with Gasteiger partial charge in [0.25, 0.3) is 0 Å². The topological polar surface area (TPSA) is 30.9 Å². The van der Waals surface area contributed by atoms with Crippen LogP contribution in [0.4, 0.5) is 0 Å². The van der Waals surface area contributed by atoms with E-state index in [0.717, 1.165) is 71.6 Å². The molecule has 0 fully saturated rings. The van der Waals surface area contributed by atoms with E-state index in [0.29, 0.717) is 0 Å². The third-order valence-electron chi connectivity index (χ3n) is 9.00. The molecule has 0 amide bonds. The average Bonchev–Trinajstić information content (AvgIpc) is 3.10. The summed E-state index contributed by atoms with van der Waals surface area (Å²) < 4.78 is 17.7. The summed E-state index contributed by atoms with van der Waals surface area (Å²) in [6, 6.07) is 0. The zero-order valence-electron chi connectivity index (χ0n) is 32.8. The molecule has 4 heteroatoms. The van der Waals surface area contributed by atoms with Crippen molar-refractivity contribution in [1.29, 1.82) is 0 Å². The third-order valence-corrected chi connectivity index (χ3v) is 9.00. The van der Waals surface area contributed by atoms with Crippen molar-refractivity contribution in [2.45, 2.75) is 180 Å². The van der Waals surface area contributed by atoms with E-state index in [2.05, 4.69) is 74.4 Å². The van der Waals surface area contributed by atoms with Crippen LogP contribution in [0.5, 0.6) is 0 Å². The van der Waals surface area contributed by atoms with Gasteiger partial charge in [0.15, 0.2) is 0 Å². The lowest BCUT2D eigenvalue weighted by Gasteiger charge is -2.22. The smallest absolute Gasteiger partial charge is 0.0820 e. The van der Waals surface area contributed by atoms with E-state index in [-0.39, 0.29) is 6.10 Å². The highest BCUT2D eigenvalue weighted by Gasteiger charge is 2.11. The Bertz CT molecular complexity index is 716. The molecule has 48 heavy (non-hydrogen) atoms. The highest BCUT2D eigenvalue weighted by molar-refractivity contribution is 4.93. The number of allylic oxidation sites excluding steroid dienone is 8. The molecule has 0 heterocycles. The van der Waals surface area contributed by atoms with Crippen molar-refractivity contribution in [3.05, 3.63) is 48.6 Å². The number of methoxy groups -OCH3 is 1. The van der Waals surface area contributed by atoms with Crippen LogP contribution in [-0.4, -0.2) is 64.7 Å². The van der Waals surface area contributed by atoms with Gasteiger partial charge in [-0.3, -0.25) is 0 Å². The molecule has 0 radical (unpaired) electrons. The van der Waals surface area contributed by atoms with Gasteiger partial charge in [-0.25, -0.2) is 0 Å². The molecule has 0 spiro atoms. The molecule has 1 atom stereocenters. The maximum Gasteiger partial charge on any atom is 0.0820 e. The second kappa shape index (κ2) is 42.0. The average molecular weight is 674 g/mol. The number of nitrogens with zero attached hydrogens (tertiary/aromatic N) is 1. The molecule has 0 aromatic carbocycles. The second-order valence-electron chi connectivity index (χ2n) is 13.8. The standard InChI is InChI=1S/C44H83NO3/c1-5-7-9-11-13-15-17-19-21-23-25-27-29-31-33-35-40-47-43-44(37-38-45(3)39-42-46-4)48-41-36-34-32-30-28-26-24-22-20-18-16-14-12-10-8-6-2/h13-16,19-22,44H,5-12,17-18,23-43H2,1-4H3/b15-13+,16-14+,21-19+,22-20+. The third kappa shape index (κ3) is 39.2. The van der Waals surface area contributed by atoms with Gasteiger partial charge in [0.2, 0.25) is 0 Å². The number of hydrogen-bond donors (Lipinski definition) is 0. The Hall–Kier alpha value is -1.20. The minimum Gasteiger partial charge on any atom is -0.383 e. The molecule has 0 aliphatic rings. The summed E-state index contributed by atoms with van der Waals surface area (Å²) in [6.45, 7) is 9.73. The van der Waals surface area contributed by atoms with Gasteiger partial charge in [-0.1, -0.05) is 140 Å². The first-order valence-corrected chi connectivity index (χ1v) is 20.7. The van der Waals surface area contributed by atoms with Gasteiger partial charge in [-0.15, -0.1) is 0 Å². The largest absolute Gasteiger partial charge is 0.383 e. The van der Waals surface area contributed by atoms with Gasteiger partial charge < -0.3 is 19.1 Å². The molecule has 0 saturated heterocycles. The molecule has 0 aliphatic heterocycles. The summed E-state index contributed by atoms with van der Waals surface area (Å²) in [6.07, 6.45) is 50.6. The summed E-state index contributed by atoms with van der Waals surface area (Å²) in [5.74, 6) is 0. The SMILES string of the molecule is CCCCC/C=C/C/C=C/CCCCCCCCOCC(CCN(C)CCOC)OCCCCCCCC/C=C/C/C=C/CCCCC. The molecular weight excluding hydrogens is 590 g/mol. The second-order valence-corrected chi connectivity index (χ2v) is 13.8. The lowest BCUT2D eigenvalue weighted by atomic mass is 10.1. The Morgan fingerprint density at radius 2 is 0.917 bits per heavy atom. The number of ether oxygens (including phenoxy) is 3. The van der Waals surface area contributed by atoms with Crippen LogP contribution in [0.25, 0.3) is 0 Å². The van der Waals surface area contributed by atoms with Gasteiger partial charge in [0.1, 0.15) is 0 Å². The Morgan fingerprint density at radius 3 is 1.40 bits per heavy atom. The van der Waals surface area contributed by atoms with Crippen molar-refractivity contribution in [2.75, 3.05) is 53.7 Å². The van der Waals surface area contributed by atoms with E-state index in [4.69, 9.17) is 14.2 Å². The molecule has 0 bridgehead atoms. The Balaban J connectivity index is 3.88. The van der Waals surface area contributed by atoms with Crippen molar-refractivity contribution < 1.29 is 14.2 Å². The first kappa shape index (κ1) is 46.8. The van der Waals surface area contributed by atoms with E-state index in [9.17, 15) is 0 Å². The minimum atomic E-state index is 0.192. The first-order valence-electron chi connectivity index (χ1n) is 20.7. The van der Waals surface area contributed by atoms with Crippen LogP contribution < -0.4 is 0 Å².